The van der Waals surface area contributed by atoms with E-state index in [-0.39, 0.29) is 11.7 Å². The summed E-state index contributed by atoms with van der Waals surface area (Å²) in [4.78, 5) is 17.6. The number of carbonyl (C=O) groups excluding carboxylic acids is 1. The van der Waals surface area contributed by atoms with E-state index in [2.05, 4.69) is 40.6 Å². The number of rotatable bonds is 1. The lowest BCUT2D eigenvalue weighted by Gasteiger charge is -2.30. The van der Waals surface area contributed by atoms with Crippen LogP contribution < -0.4 is 5.32 Å². The second-order valence-electron chi connectivity index (χ2n) is 7.25. The minimum Gasteiger partial charge on any atom is -0.354 e. The van der Waals surface area contributed by atoms with Crippen molar-refractivity contribution in [2.24, 2.45) is 0 Å². The van der Waals surface area contributed by atoms with Crippen LogP contribution in [0.15, 0.2) is 90.8 Å². The fourth-order valence-electron chi connectivity index (χ4n) is 4.60. The van der Waals surface area contributed by atoms with Crippen molar-refractivity contribution in [1.82, 2.24) is 4.98 Å². The molecule has 1 N–H and O–H groups in total. The molecule has 1 aliphatic carbocycles. The average molecular weight is 360 g/mol. The number of pyridine rings is 1. The van der Waals surface area contributed by atoms with E-state index in [9.17, 15) is 4.79 Å². The minimum absolute atomic E-state index is 0.110. The lowest BCUT2D eigenvalue weighted by molar-refractivity contribution is 0.103. The van der Waals surface area contributed by atoms with Crippen LogP contribution in [0.1, 0.15) is 33.0 Å². The molecule has 132 valence electrons. The van der Waals surface area contributed by atoms with E-state index in [4.69, 9.17) is 0 Å². The second kappa shape index (κ2) is 5.64. The van der Waals surface area contributed by atoms with E-state index in [0.717, 1.165) is 39.2 Å². The number of nitrogens with zero attached hydrogens (tertiary/aromatic N) is 1. The molecule has 0 radical (unpaired) electrons. The largest absolute Gasteiger partial charge is 0.354 e. The molecule has 6 rings (SSSR count). The summed E-state index contributed by atoms with van der Waals surface area (Å²) >= 11 is 0. The van der Waals surface area contributed by atoms with Crippen LogP contribution in [0.3, 0.4) is 0 Å². The van der Waals surface area contributed by atoms with E-state index in [1.807, 2.05) is 42.5 Å². The zero-order valence-electron chi connectivity index (χ0n) is 15.0. The van der Waals surface area contributed by atoms with Gasteiger partial charge in [-0.15, -0.1) is 0 Å². The number of hydrogen-bond donors (Lipinski definition) is 1. The summed E-state index contributed by atoms with van der Waals surface area (Å²) in [5.74, 6) is -0.0150. The van der Waals surface area contributed by atoms with Gasteiger partial charge in [0.25, 0.3) is 0 Å². The average Bonchev–Trinajstić information content (AvgIpc) is 3.05. The van der Waals surface area contributed by atoms with Gasteiger partial charge in [0.05, 0.1) is 5.70 Å². The van der Waals surface area contributed by atoms with Gasteiger partial charge < -0.3 is 5.32 Å². The van der Waals surface area contributed by atoms with Crippen LogP contribution in [-0.2, 0) is 0 Å². The highest BCUT2D eigenvalue weighted by Crippen LogP contribution is 2.51. The number of nitrogens with one attached hydrogen (secondary N) is 1. The summed E-state index contributed by atoms with van der Waals surface area (Å²) in [6.07, 6.45) is 3.60. The SMILES string of the molecule is O=C1C2=C(Nc3ccc4ccccc4c3C2c2ccncc2)c2ccccc21. The zero-order chi connectivity index (χ0) is 18.7. The predicted molar refractivity (Wildman–Crippen MR) is 111 cm³/mol. The number of carbonyl (C=O) groups is 1. The van der Waals surface area contributed by atoms with E-state index in [0.29, 0.717) is 0 Å². The topological polar surface area (TPSA) is 42.0 Å². The van der Waals surface area contributed by atoms with Crippen molar-refractivity contribution in [3.05, 3.63) is 113 Å². The Morgan fingerprint density at radius 1 is 0.786 bits per heavy atom. The molecule has 3 aromatic carbocycles. The highest BCUT2D eigenvalue weighted by Gasteiger charge is 2.40. The van der Waals surface area contributed by atoms with Crippen LogP contribution in [0.2, 0.25) is 0 Å². The first-order valence-corrected chi connectivity index (χ1v) is 9.40. The number of allylic oxidation sites excluding steroid dienone is 1. The maximum Gasteiger partial charge on any atom is 0.192 e. The van der Waals surface area contributed by atoms with Crippen LogP contribution in [0.5, 0.6) is 0 Å². The van der Waals surface area contributed by atoms with Crippen LogP contribution in [0.25, 0.3) is 16.5 Å². The number of aromatic nitrogens is 1. The maximum absolute atomic E-state index is 13.4. The number of Topliss-reactive ketones (excluding diaryl/α,β-unsaturated/α-hetero) is 1. The third-order valence-corrected chi connectivity index (χ3v) is 5.80. The Labute approximate surface area is 162 Å². The number of ketones is 1. The van der Waals surface area contributed by atoms with Gasteiger partial charge in [-0.1, -0.05) is 54.6 Å². The standard InChI is InChI=1S/C25H16N2O/c28-25-19-8-4-3-7-18(19)24-23(25)21(16-11-13-26-14-12-16)22-17-6-2-1-5-15(17)9-10-20(22)27-24/h1-14,21,27H. The molecule has 2 aliphatic rings. The quantitative estimate of drug-likeness (QED) is 0.494. The van der Waals surface area contributed by atoms with Crippen molar-refractivity contribution in [3.63, 3.8) is 0 Å². The molecule has 0 amide bonds. The van der Waals surface area contributed by atoms with Crippen LogP contribution in [-0.4, -0.2) is 10.8 Å². The molecule has 1 aromatic heterocycles. The molecular weight excluding hydrogens is 344 g/mol. The summed E-state index contributed by atoms with van der Waals surface area (Å²) in [6, 6.07) is 24.5. The van der Waals surface area contributed by atoms with Crippen molar-refractivity contribution in [2.75, 3.05) is 5.32 Å². The first kappa shape index (κ1) is 15.3. The van der Waals surface area contributed by atoms with Crippen molar-refractivity contribution >= 4 is 27.9 Å². The molecule has 0 saturated carbocycles. The Balaban J connectivity index is 1.70. The van der Waals surface area contributed by atoms with Gasteiger partial charge in [-0.2, -0.15) is 0 Å². The molecule has 1 aliphatic heterocycles. The molecule has 1 unspecified atom stereocenters. The van der Waals surface area contributed by atoms with Crippen molar-refractivity contribution in [1.29, 1.82) is 0 Å². The van der Waals surface area contributed by atoms with Gasteiger partial charge in [-0.25, -0.2) is 0 Å². The van der Waals surface area contributed by atoms with Gasteiger partial charge in [-0.3, -0.25) is 9.78 Å². The molecule has 3 nitrogen and oxygen atoms in total. The normalized spacial score (nSPS) is 17.1. The lowest BCUT2D eigenvalue weighted by Crippen LogP contribution is -2.19. The summed E-state index contributed by atoms with van der Waals surface area (Å²) in [5, 5.41) is 5.93. The van der Waals surface area contributed by atoms with Gasteiger partial charge in [0.2, 0.25) is 0 Å². The smallest absolute Gasteiger partial charge is 0.192 e. The number of hydrogen-bond acceptors (Lipinski definition) is 3. The van der Waals surface area contributed by atoms with E-state index in [1.165, 1.54) is 10.8 Å². The molecule has 0 saturated heterocycles. The molecule has 1 atom stereocenters. The molecule has 2 heterocycles. The van der Waals surface area contributed by atoms with Gasteiger partial charge in [0.15, 0.2) is 5.78 Å². The Morgan fingerprint density at radius 2 is 1.54 bits per heavy atom. The molecular formula is C25H16N2O. The fourth-order valence-corrected chi connectivity index (χ4v) is 4.60. The number of fused-ring (bicyclic) bond motifs is 5. The lowest BCUT2D eigenvalue weighted by atomic mass is 9.78. The van der Waals surface area contributed by atoms with Crippen LogP contribution >= 0.6 is 0 Å². The summed E-state index contributed by atoms with van der Waals surface area (Å²) < 4.78 is 0. The van der Waals surface area contributed by atoms with E-state index < -0.39 is 0 Å². The Kier molecular flexibility index (Phi) is 3.09. The highest BCUT2D eigenvalue weighted by atomic mass is 16.1. The third-order valence-electron chi connectivity index (χ3n) is 5.80. The second-order valence-corrected chi connectivity index (χ2v) is 7.25. The molecule has 28 heavy (non-hydrogen) atoms. The van der Waals surface area contributed by atoms with Crippen molar-refractivity contribution in [2.45, 2.75) is 5.92 Å². The number of benzene rings is 3. The summed E-state index contributed by atoms with van der Waals surface area (Å²) in [6.45, 7) is 0. The minimum atomic E-state index is -0.125. The van der Waals surface area contributed by atoms with Crippen LogP contribution in [0, 0.1) is 0 Å². The Morgan fingerprint density at radius 3 is 2.39 bits per heavy atom. The van der Waals surface area contributed by atoms with Gasteiger partial charge in [-0.05, 0) is 40.1 Å². The van der Waals surface area contributed by atoms with Gasteiger partial charge >= 0.3 is 0 Å². The Bertz CT molecular complexity index is 1300. The maximum atomic E-state index is 13.4. The number of anilines is 1. The molecule has 0 bridgehead atoms. The molecule has 3 heteroatoms. The predicted octanol–water partition coefficient (Wildman–Crippen LogP) is 5.40. The third kappa shape index (κ3) is 1.99. The molecule has 4 aromatic rings. The monoisotopic (exact) mass is 360 g/mol. The van der Waals surface area contributed by atoms with Gasteiger partial charge in [0, 0.05) is 40.7 Å². The Hall–Kier alpha value is -3.72. The summed E-state index contributed by atoms with van der Waals surface area (Å²) in [5.41, 5.74) is 6.83. The first-order valence-electron chi connectivity index (χ1n) is 9.40. The first-order chi connectivity index (χ1) is 13.8. The molecule has 0 fully saturated rings. The molecule has 0 spiro atoms. The van der Waals surface area contributed by atoms with E-state index >= 15 is 0 Å². The highest BCUT2D eigenvalue weighted by molar-refractivity contribution is 6.24. The van der Waals surface area contributed by atoms with Crippen molar-refractivity contribution in [3.8, 4) is 0 Å². The summed E-state index contributed by atoms with van der Waals surface area (Å²) in [7, 11) is 0. The van der Waals surface area contributed by atoms with Gasteiger partial charge in [0.1, 0.15) is 0 Å². The zero-order valence-corrected chi connectivity index (χ0v) is 15.0. The van der Waals surface area contributed by atoms with Crippen molar-refractivity contribution < 1.29 is 4.79 Å². The fraction of sp³-hybridized carbons (Fsp3) is 0.0400. The van der Waals surface area contributed by atoms with Crippen LogP contribution in [0.4, 0.5) is 5.69 Å². The van der Waals surface area contributed by atoms with E-state index in [1.54, 1.807) is 12.4 Å².